The van der Waals surface area contributed by atoms with Gasteiger partial charge in [0.15, 0.2) is 0 Å². The van der Waals surface area contributed by atoms with Crippen LogP contribution in [0.1, 0.15) is 36.8 Å². The van der Waals surface area contributed by atoms with Crippen molar-refractivity contribution in [2.24, 2.45) is 0 Å². The zero-order chi connectivity index (χ0) is 14.2. The molecule has 0 spiro atoms. The van der Waals surface area contributed by atoms with Gasteiger partial charge >= 0.3 is 5.97 Å². The van der Waals surface area contributed by atoms with Gasteiger partial charge in [0.2, 0.25) is 11.1 Å². The molecule has 0 aliphatic rings. The molecule has 19 heavy (non-hydrogen) atoms. The van der Waals surface area contributed by atoms with E-state index in [2.05, 4.69) is 15.3 Å². The summed E-state index contributed by atoms with van der Waals surface area (Å²) in [5.74, 6) is -1.34. The zero-order valence-electron chi connectivity index (χ0n) is 10.8. The Balaban J connectivity index is 2.76. The molecule has 0 atom stereocenters. The van der Waals surface area contributed by atoms with Gasteiger partial charge in [0, 0.05) is 18.0 Å². The summed E-state index contributed by atoms with van der Waals surface area (Å²) in [5.41, 5.74) is -0.571. The minimum atomic E-state index is -1.34. The number of carbonyl (C=O) groups is 1. The summed E-state index contributed by atoms with van der Waals surface area (Å²) in [5, 5.41) is 19.3. The quantitative estimate of drug-likeness (QED) is 0.839. The number of rotatable bonds is 2. The normalized spacial score (nSPS) is 11.5. The summed E-state index contributed by atoms with van der Waals surface area (Å²) in [6.45, 7) is 5.53. The van der Waals surface area contributed by atoms with Crippen molar-refractivity contribution in [3.8, 4) is 5.69 Å². The second kappa shape index (κ2) is 4.34. The van der Waals surface area contributed by atoms with Crippen molar-refractivity contribution >= 4 is 5.97 Å². The summed E-state index contributed by atoms with van der Waals surface area (Å²) in [6, 6.07) is 0. The largest absolute Gasteiger partial charge is 0.476 e. The Morgan fingerprint density at radius 3 is 2.58 bits per heavy atom. The first-order chi connectivity index (χ1) is 8.80. The van der Waals surface area contributed by atoms with Crippen molar-refractivity contribution in [3.05, 3.63) is 40.1 Å². The van der Waals surface area contributed by atoms with E-state index in [0.717, 1.165) is 0 Å². The Labute approximate surface area is 108 Å². The van der Waals surface area contributed by atoms with Gasteiger partial charge in [-0.25, -0.2) is 9.48 Å². The number of aromatic amines is 1. The number of hydrogen-bond donors (Lipinski definition) is 2. The molecule has 0 aliphatic heterocycles. The standard InChI is InChI=1S/C12H14N4O3/c1-12(2,3)8-6-16(7-4-13-14-5-7)15-9(10(8)17)11(18)19/h4-6H,1-3H3,(H,13,14)(H,18,19). The summed E-state index contributed by atoms with van der Waals surface area (Å²) in [6.07, 6.45) is 4.60. The molecule has 7 nitrogen and oxygen atoms in total. The Morgan fingerprint density at radius 1 is 1.42 bits per heavy atom. The van der Waals surface area contributed by atoms with Gasteiger partial charge in [0.05, 0.1) is 6.20 Å². The number of carboxylic acid groups (broad SMARTS) is 1. The minimum Gasteiger partial charge on any atom is -0.476 e. The highest BCUT2D eigenvalue weighted by atomic mass is 16.4. The molecule has 0 bridgehead atoms. The lowest BCUT2D eigenvalue weighted by Gasteiger charge is -2.19. The average Bonchev–Trinajstić information content (AvgIpc) is 2.80. The summed E-state index contributed by atoms with van der Waals surface area (Å²) < 4.78 is 1.34. The Kier molecular flexibility index (Phi) is 2.97. The first kappa shape index (κ1) is 13.0. The molecule has 0 saturated heterocycles. The lowest BCUT2D eigenvalue weighted by Crippen LogP contribution is -2.30. The minimum absolute atomic E-state index is 0.390. The van der Waals surface area contributed by atoms with E-state index < -0.39 is 22.5 Å². The number of aromatic nitrogens is 4. The number of nitrogens with one attached hydrogen (secondary N) is 1. The molecule has 100 valence electrons. The van der Waals surface area contributed by atoms with E-state index in [-0.39, 0.29) is 0 Å². The molecule has 0 fully saturated rings. The highest BCUT2D eigenvalue weighted by Gasteiger charge is 2.24. The maximum Gasteiger partial charge on any atom is 0.360 e. The van der Waals surface area contributed by atoms with Crippen molar-refractivity contribution in [3.63, 3.8) is 0 Å². The van der Waals surface area contributed by atoms with Crippen LogP contribution in [0.25, 0.3) is 5.69 Å². The second-order valence-corrected chi connectivity index (χ2v) is 5.18. The topological polar surface area (TPSA) is 101 Å². The second-order valence-electron chi connectivity index (χ2n) is 5.18. The van der Waals surface area contributed by atoms with E-state index in [9.17, 15) is 9.59 Å². The van der Waals surface area contributed by atoms with Crippen LogP contribution in [0, 0.1) is 0 Å². The van der Waals surface area contributed by atoms with Gasteiger partial charge in [-0.15, -0.1) is 0 Å². The fourth-order valence-corrected chi connectivity index (χ4v) is 1.67. The number of hydrogen-bond acceptors (Lipinski definition) is 4. The maximum atomic E-state index is 12.1. The molecular weight excluding hydrogens is 248 g/mol. The molecule has 0 amide bonds. The lowest BCUT2D eigenvalue weighted by molar-refractivity contribution is 0.0686. The number of carboxylic acids is 1. The fourth-order valence-electron chi connectivity index (χ4n) is 1.67. The van der Waals surface area contributed by atoms with Crippen molar-refractivity contribution in [2.45, 2.75) is 26.2 Å². The van der Waals surface area contributed by atoms with E-state index in [1.807, 2.05) is 20.8 Å². The van der Waals surface area contributed by atoms with Crippen LogP contribution < -0.4 is 5.43 Å². The number of aromatic carboxylic acids is 1. The molecule has 0 unspecified atom stereocenters. The monoisotopic (exact) mass is 262 g/mol. The predicted molar refractivity (Wildman–Crippen MR) is 67.6 cm³/mol. The fraction of sp³-hybridized carbons (Fsp3) is 0.333. The van der Waals surface area contributed by atoms with Crippen molar-refractivity contribution in [1.29, 1.82) is 0 Å². The molecule has 0 aliphatic carbocycles. The molecule has 2 rings (SSSR count). The average molecular weight is 262 g/mol. The van der Waals surface area contributed by atoms with Gasteiger partial charge in [-0.2, -0.15) is 10.2 Å². The summed E-state index contributed by atoms with van der Waals surface area (Å²) in [7, 11) is 0. The third-order valence-electron chi connectivity index (χ3n) is 2.68. The van der Waals surface area contributed by atoms with Gasteiger partial charge in [0.1, 0.15) is 5.69 Å². The van der Waals surface area contributed by atoms with Gasteiger partial charge in [-0.05, 0) is 5.41 Å². The van der Waals surface area contributed by atoms with Crippen LogP contribution in [0.5, 0.6) is 0 Å². The molecule has 0 aromatic carbocycles. The van der Waals surface area contributed by atoms with Crippen molar-refractivity contribution < 1.29 is 9.90 Å². The predicted octanol–water partition coefficient (Wildman–Crippen LogP) is 0.951. The molecule has 0 radical (unpaired) electrons. The van der Waals surface area contributed by atoms with E-state index >= 15 is 0 Å². The Bertz CT molecular complexity index is 665. The van der Waals surface area contributed by atoms with Crippen LogP contribution in [-0.4, -0.2) is 31.1 Å². The van der Waals surface area contributed by atoms with Crippen LogP contribution in [0.2, 0.25) is 0 Å². The van der Waals surface area contributed by atoms with Crippen molar-refractivity contribution in [1.82, 2.24) is 20.0 Å². The summed E-state index contributed by atoms with van der Waals surface area (Å²) >= 11 is 0. The molecule has 2 aromatic heterocycles. The zero-order valence-corrected chi connectivity index (χ0v) is 10.8. The van der Waals surface area contributed by atoms with Crippen LogP contribution >= 0.6 is 0 Å². The third-order valence-corrected chi connectivity index (χ3v) is 2.68. The van der Waals surface area contributed by atoms with E-state index in [1.54, 1.807) is 12.4 Å². The van der Waals surface area contributed by atoms with Gasteiger partial charge in [0.25, 0.3) is 0 Å². The maximum absolute atomic E-state index is 12.1. The molecule has 2 N–H and O–H groups in total. The van der Waals surface area contributed by atoms with Gasteiger partial charge < -0.3 is 5.11 Å². The molecule has 7 heteroatoms. The Morgan fingerprint density at radius 2 is 2.11 bits per heavy atom. The number of H-pyrrole nitrogens is 1. The van der Waals surface area contributed by atoms with Gasteiger partial charge in [-0.3, -0.25) is 9.89 Å². The first-order valence-electron chi connectivity index (χ1n) is 5.67. The van der Waals surface area contributed by atoms with Crippen LogP contribution in [0.15, 0.2) is 23.4 Å². The van der Waals surface area contributed by atoms with E-state index in [4.69, 9.17) is 5.11 Å². The van der Waals surface area contributed by atoms with Crippen LogP contribution in [0.3, 0.4) is 0 Å². The molecule has 0 saturated carbocycles. The van der Waals surface area contributed by atoms with Crippen LogP contribution in [0.4, 0.5) is 0 Å². The van der Waals surface area contributed by atoms with Gasteiger partial charge in [-0.1, -0.05) is 20.8 Å². The van der Waals surface area contributed by atoms with Crippen molar-refractivity contribution in [2.75, 3.05) is 0 Å². The smallest absolute Gasteiger partial charge is 0.360 e. The lowest BCUT2D eigenvalue weighted by atomic mass is 9.88. The highest BCUT2D eigenvalue weighted by molar-refractivity contribution is 5.85. The Hall–Kier alpha value is -2.44. The first-order valence-corrected chi connectivity index (χ1v) is 5.67. The molecular formula is C12H14N4O3. The molecule has 2 aromatic rings. The SMILES string of the molecule is CC(C)(C)c1cn(-c2cn[nH]c2)nc(C(=O)O)c1=O. The highest BCUT2D eigenvalue weighted by Crippen LogP contribution is 2.19. The third kappa shape index (κ3) is 2.40. The number of nitrogens with zero attached hydrogens (tertiary/aromatic N) is 3. The van der Waals surface area contributed by atoms with Crippen LogP contribution in [-0.2, 0) is 5.41 Å². The van der Waals surface area contributed by atoms with E-state index in [1.165, 1.54) is 10.9 Å². The molecule has 2 heterocycles. The van der Waals surface area contributed by atoms with E-state index in [0.29, 0.717) is 11.3 Å². The summed E-state index contributed by atoms with van der Waals surface area (Å²) in [4.78, 5) is 23.2.